The lowest BCUT2D eigenvalue weighted by Crippen LogP contribution is -2.77. The minimum Gasteiger partial charge on any atom is -0.484 e. The molecule has 2 heterocycles. The predicted octanol–water partition coefficient (Wildman–Crippen LogP) is 2.53. The number of carbonyl (C=O) groups excluding carboxylic acids is 3. The maximum atomic E-state index is 13.4. The Morgan fingerprint density at radius 2 is 1.51 bits per heavy atom. The number of fused-ring (bicyclic) bond motifs is 1. The van der Waals surface area contributed by atoms with Crippen LogP contribution in [0.15, 0.2) is 91.0 Å². The van der Waals surface area contributed by atoms with Crippen molar-refractivity contribution in [1.29, 1.82) is 0 Å². The summed E-state index contributed by atoms with van der Waals surface area (Å²) in [6.07, 6.45) is -1.79. The summed E-state index contributed by atoms with van der Waals surface area (Å²) in [5.41, 5.74) is 1.55. The van der Waals surface area contributed by atoms with Crippen molar-refractivity contribution in [3.05, 3.63) is 102 Å². The molecule has 3 aromatic rings. The standard InChI is InChI=1S/C28H26N2O6S/c31-21-17-37-27-23(29-22(32)16-35-20-14-8-3-9-15-20)26(33)30(27)24(21)28(34)36-25(18-10-4-1-5-11-18)19-12-6-2-7-13-19/h1-15,21,23-25,27,31H,16-17H2,(H,29,32)/t21?,23-,24-,27+/m1/s1. The van der Waals surface area contributed by atoms with Gasteiger partial charge in [0.2, 0.25) is 5.91 Å². The molecular formula is C28H26N2O6S. The van der Waals surface area contributed by atoms with Gasteiger partial charge in [0.1, 0.15) is 17.2 Å². The third-order valence-corrected chi connectivity index (χ3v) is 7.67. The first-order valence-electron chi connectivity index (χ1n) is 11.9. The third-order valence-electron chi connectivity index (χ3n) is 6.29. The molecule has 0 radical (unpaired) electrons. The summed E-state index contributed by atoms with van der Waals surface area (Å²) in [6, 6.07) is 25.5. The number of amides is 2. The highest BCUT2D eigenvalue weighted by Gasteiger charge is 2.58. The van der Waals surface area contributed by atoms with Crippen LogP contribution in [0.1, 0.15) is 17.2 Å². The van der Waals surface area contributed by atoms with Crippen LogP contribution in [-0.4, -0.2) is 63.7 Å². The molecule has 1 unspecified atom stereocenters. The summed E-state index contributed by atoms with van der Waals surface area (Å²) in [7, 11) is 0. The zero-order valence-corrected chi connectivity index (χ0v) is 20.6. The topological polar surface area (TPSA) is 105 Å². The summed E-state index contributed by atoms with van der Waals surface area (Å²) in [6.45, 7) is -0.241. The van der Waals surface area contributed by atoms with Gasteiger partial charge in [-0.1, -0.05) is 78.9 Å². The van der Waals surface area contributed by atoms with Crippen LogP contribution in [0.25, 0.3) is 0 Å². The van der Waals surface area contributed by atoms with Crippen LogP contribution in [0.2, 0.25) is 0 Å². The van der Waals surface area contributed by atoms with E-state index in [9.17, 15) is 19.5 Å². The molecule has 2 saturated heterocycles. The normalized spacial score (nSPS) is 22.5. The van der Waals surface area contributed by atoms with E-state index < -0.39 is 47.4 Å². The maximum Gasteiger partial charge on any atom is 0.332 e. The third kappa shape index (κ3) is 5.33. The number of rotatable bonds is 8. The van der Waals surface area contributed by atoms with E-state index in [4.69, 9.17) is 9.47 Å². The molecule has 2 amide bonds. The van der Waals surface area contributed by atoms with E-state index in [2.05, 4.69) is 5.32 Å². The molecule has 2 N–H and O–H groups in total. The number of nitrogens with one attached hydrogen (secondary N) is 1. The number of para-hydroxylation sites is 1. The van der Waals surface area contributed by atoms with Crippen LogP contribution in [0.3, 0.4) is 0 Å². The number of esters is 1. The number of β-lactam (4-membered cyclic amide) rings is 1. The van der Waals surface area contributed by atoms with E-state index in [1.165, 1.54) is 16.7 Å². The van der Waals surface area contributed by atoms with Crippen LogP contribution in [0, 0.1) is 0 Å². The monoisotopic (exact) mass is 518 g/mol. The SMILES string of the molecule is O=C(COc1ccccc1)N[C@@H]1C(=O)N2[C@@H](C(=O)OC(c3ccccc3)c3ccccc3)C(O)CS[C@@H]12. The van der Waals surface area contributed by atoms with E-state index in [0.29, 0.717) is 5.75 Å². The maximum absolute atomic E-state index is 13.4. The fourth-order valence-corrected chi connectivity index (χ4v) is 5.84. The first-order valence-corrected chi connectivity index (χ1v) is 13.0. The van der Waals surface area contributed by atoms with E-state index >= 15 is 0 Å². The van der Waals surface area contributed by atoms with Gasteiger partial charge in [0, 0.05) is 5.75 Å². The van der Waals surface area contributed by atoms with E-state index in [-0.39, 0.29) is 12.4 Å². The summed E-state index contributed by atoms with van der Waals surface area (Å²) in [5.74, 6) is -0.810. The molecule has 0 spiro atoms. The molecule has 0 bridgehead atoms. The summed E-state index contributed by atoms with van der Waals surface area (Å²) < 4.78 is 11.4. The zero-order valence-electron chi connectivity index (χ0n) is 19.8. The van der Waals surface area contributed by atoms with Crippen molar-refractivity contribution in [2.75, 3.05) is 12.4 Å². The van der Waals surface area contributed by atoms with E-state index in [1.54, 1.807) is 24.3 Å². The summed E-state index contributed by atoms with van der Waals surface area (Å²) in [5, 5.41) is 12.9. The van der Waals surface area contributed by atoms with Crippen LogP contribution in [0.5, 0.6) is 5.75 Å². The van der Waals surface area contributed by atoms with Gasteiger partial charge in [0.15, 0.2) is 18.8 Å². The molecular weight excluding hydrogens is 492 g/mol. The highest BCUT2D eigenvalue weighted by Crippen LogP contribution is 2.39. The zero-order chi connectivity index (χ0) is 25.8. The average molecular weight is 519 g/mol. The lowest BCUT2D eigenvalue weighted by Gasteiger charge is -2.53. The Labute approximate surface area is 218 Å². The van der Waals surface area contributed by atoms with Gasteiger partial charge >= 0.3 is 5.97 Å². The quantitative estimate of drug-likeness (QED) is 0.349. The Bertz CT molecular complexity index is 1200. The highest BCUT2D eigenvalue weighted by molar-refractivity contribution is 8.00. The van der Waals surface area contributed by atoms with Crippen molar-refractivity contribution >= 4 is 29.5 Å². The van der Waals surface area contributed by atoms with Gasteiger partial charge in [0.05, 0.1) is 6.10 Å². The Morgan fingerprint density at radius 3 is 2.11 bits per heavy atom. The largest absolute Gasteiger partial charge is 0.484 e. The molecule has 9 heteroatoms. The molecule has 4 atom stereocenters. The molecule has 2 aliphatic heterocycles. The molecule has 190 valence electrons. The number of benzene rings is 3. The average Bonchev–Trinajstić information content (AvgIpc) is 2.94. The van der Waals surface area contributed by atoms with Crippen molar-refractivity contribution < 1.29 is 29.0 Å². The van der Waals surface area contributed by atoms with Crippen LogP contribution < -0.4 is 10.1 Å². The highest BCUT2D eigenvalue weighted by atomic mass is 32.2. The fourth-order valence-electron chi connectivity index (χ4n) is 4.49. The van der Waals surface area contributed by atoms with Gasteiger partial charge in [-0.15, -0.1) is 11.8 Å². The Kier molecular flexibility index (Phi) is 7.43. The number of aliphatic hydroxyl groups is 1. The number of hydrogen-bond acceptors (Lipinski definition) is 7. The molecule has 3 aromatic carbocycles. The van der Waals surface area contributed by atoms with Gasteiger partial charge < -0.3 is 24.8 Å². The summed E-state index contributed by atoms with van der Waals surface area (Å²) in [4.78, 5) is 40.2. The van der Waals surface area contributed by atoms with Gasteiger partial charge in [-0.25, -0.2) is 4.79 Å². The lowest BCUT2D eigenvalue weighted by atomic mass is 9.98. The Morgan fingerprint density at radius 1 is 0.946 bits per heavy atom. The number of nitrogens with zero attached hydrogens (tertiary/aromatic N) is 1. The van der Waals surface area contributed by atoms with Gasteiger partial charge in [0.25, 0.3) is 5.91 Å². The number of carbonyl (C=O) groups is 3. The second-order valence-electron chi connectivity index (χ2n) is 8.77. The molecule has 0 saturated carbocycles. The van der Waals surface area contributed by atoms with Gasteiger partial charge in [-0.05, 0) is 23.3 Å². The minimum absolute atomic E-state index is 0.225. The van der Waals surface area contributed by atoms with Crippen molar-refractivity contribution in [3.8, 4) is 5.75 Å². The molecule has 2 fully saturated rings. The van der Waals surface area contributed by atoms with Crippen molar-refractivity contribution in [2.45, 2.75) is 29.7 Å². The number of thioether (sulfide) groups is 1. The smallest absolute Gasteiger partial charge is 0.332 e. The predicted molar refractivity (Wildman–Crippen MR) is 138 cm³/mol. The molecule has 37 heavy (non-hydrogen) atoms. The molecule has 8 nitrogen and oxygen atoms in total. The first kappa shape index (κ1) is 24.9. The summed E-state index contributed by atoms with van der Waals surface area (Å²) >= 11 is 1.31. The van der Waals surface area contributed by atoms with E-state index in [1.807, 2.05) is 66.7 Å². The van der Waals surface area contributed by atoms with Crippen molar-refractivity contribution in [2.24, 2.45) is 0 Å². The van der Waals surface area contributed by atoms with Crippen LogP contribution >= 0.6 is 11.8 Å². The van der Waals surface area contributed by atoms with Crippen molar-refractivity contribution in [1.82, 2.24) is 10.2 Å². The number of ether oxygens (including phenoxy) is 2. The van der Waals surface area contributed by atoms with Crippen molar-refractivity contribution in [3.63, 3.8) is 0 Å². The first-order chi connectivity index (χ1) is 18.0. The molecule has 5 rings (SSSR count). The second kappa shape index (κ2) is 11.1. The Hall–Kier alpha value is -3.82. The lowest BCUT2D eigenvalue weighted by molar-refractivity contribution is -0.173. The van der Waals surface area contributed by atoms with Crippen LogP contribution in [0.4, 0.5) is 0 Å². The Balaban J connectivity index is 1.26. The molecule has 0 aliphatic carbocycles. The molecule has 0 aromatic heterocycles. The number of aliphatic hydroxyl groups excluding tert-OH is 1. The second-order valence-corrected chi connectivity index (χ2v) is 9.92. The van der Waals surface area contributed by atoms with Crippen LogP contribution in [-0.2, 0) is 19.1 Å². The fraction of sp³-hybridized carbons (Fsp3) is 0.250. The number of hydrogen-bond donors (Lipinski definition) is 2. The molecule has 2 aliphatic rings. The minimum atomic E-state index is -1.16. The van der Waals surface area contributed by atoms with Gasteiger partial charge in [-0.2, -0.15) is 0 Å². The van der Waals surface area contributed by atoms with Gasteiger partial charge in [-0.3, -0.25) is 9.59 Å². The van der Waals surface area contributed by atoms with E-state index in [0.717, 1.165) is 11.1 Å².